The van der Waals surface area contributed by atoms with Crippen LogP contribution in [0.15, 0.2) is 59.0 Å². The van der Waals surface area contributed by atoms with Crippen molar-refractivity contribution < 1.29 is 19.1 Å². The molecule has 0 saturated carbocycles. The summed E-state index contributed by atoms with van der Waals surface area (Å²) in [6.07, 6.45) is 0. The summed E-state index contributed by atoms with van der Waals surface area (Å²) in [5, 5.41) is 13.5. The third-order valence-electron chi connectivity index (χ3n) is 4.04. The minimum absolute atomic E-state index is 0.138. The van der Waals surface area contributed by atoms with E-state index in [9.17, 15) is 9.90 Å². The summed E-state index contributed by atoms with van der Waals surface area (Å²) < 4.78 is 11.9. The van der Waals surface area contributed by atoms with Crippen LogP contribution < -0.4 is 10.1 Å². The number of carbonyl (C=O) groups excluding carboxylic acids is 1. The Hall–Kier alpha value is -3.32. The molecule has 0 bridgehead atoms. The third kappa shape index (κ3) is 3.50. The number of furan rings is 1. The molecule has 2 N–H and O–H groups in total. The molecule has 4 aromatic rings. The zero-order valence-corrected chi connectivity index (χ0v) is 15.2. The molecule has 2 aromatic carbocycles. The Morgan fingerprint density at radius 1 is 1.22 bits per heavy atom. The second-order valence-electron chi connectivity index (χ2n) is 5.82. The number of ether oxygens (including phenoxy) is 1. The summed E-state index contributed by atoms with van der Waals surface area (Å²) in [5.41, 5.74) is 1.10. The highest BCUT2D eigenvalue weighted by molar-refractivity contribution is 7.21. The number of methoxy groups -OCH3 is 1. The highest BCUT2D eigenvalue weighted by Gasteiger charge is 2.14. The van der Waals surface area contributed by atoms with Crippen molar-refractivity contribution in [1.82, 2.24) is 10.3 Å². The van der Waals surface area contributed by atoms with Crippen molar-refractivity contribution in [2.45, 2.75) is 6.54 Å². The van der Waals surface area contributed by atoms with E-state index in [-0.39, 0.29) is 17.9 Å². The van der Waals surface area contributed by atoms with Gasteiger partial charge in [-0.2, -0.15) is 0 Å². The molecule has 0 aliphatic carbocycles. The maximum Gasteiger partial charge on any atom is 0.255 e. The fourth-order valence-electron chi connectivity index (χ4n) is 2.66. The number of para-hydroxylation sites is 1. The molecule has 4 rings (SSSR count). The number of hydrogen-bond acceptors (Lipinski definition) is 6. The number of hydrogen-bond donors (Lipinski definition) is 2. The van der Waals surface area contributed by atoms with Crippen LogP contribution in [0.25, 0.3) is 21.0 Å². The molecule has 6 nitrogen and oxygen atoms in total. The lowest BCUT2D eigenvalue weighted by Crippen LogP contribution is -2.22. The van der Waals surface area contributed by atoms with Gasteiger partial charge in [0.05, 0.1) is 29.4 Å². The number of fused-ring (bicyclic) bond motifs is 1. The number of thiazole rings is 1. The lowest BCUT2D eigenvalue weighted by Gasteiger charge is -2.07. The van der Waals surface area contributed by atoms with Gasteiger partial charge < -0.3 is 19.6 Å². The summed E-state index contributed by atoms with van der Waals surface area (Å²) in [5.74, 6) is 1.21. The second-order valence-corrected chi connectivity index (χ2v) is 6.85. The molecule has 0 aliphatic heterocycles. The zero-order chi connectivity index (χ0) is 18.8. The van der Waals surface area contributed by atoms with Gasteiger partial charge in [-0.25, -0.2) is 4.98 Å². The molecule has 136 valence electrons. The molecule has 0 fully saturated rings. The van der Waals surface area contributed by atoms with E-state index in [2.05, 4.69) is 10.3 Å². The lowest BCUT2D eigenvalue weighted by atomic mass is 10.2. The number of aromatic nitrogens is 1. The monoisotopic (exact) mass is 380 g/mol. The molecule has 7 heteroatoms. The molecule has 2 heterocycles. The van der Waals surface area contributed by atoms with Gasteiger partial charge in [0, 0.05) is 6.07 Å². The molecule has 2 aromatic heterocycles. The van der Waals surface area contributed by atoms with Crippen LogP contribution in [0, 0.1) is 0 Å². The molecule has 0 saturated heterocycles. The number of phenolic OH excluding ortho intramolecular Hbond substituents is 1. The normalized spacial score (nSPS) is 10.9. The first-order valence-electron chi connectivity index (χ1n) is 8.24. The average molecular weight is 380 g/mol. The van der Waals surface area contributed by atoms with Crippen LogP contribution in [0.2, 0.25) is 0 Å². The summed E-state index contributed by atoms with van der Waals surface area (Å²) >= 11 is 1.55. The highest BCUT2D eigenvalue weighted by atomic mass is 32.1. The molecule has 0 spiro atoms. The van der Waals surface area contributed by atoms with Crippen molar-refractivity contribution >= 4 is 27.5 Å². The molecule has 0 aliphatic rings. The Morgan fingerprint density at radius 3 is 2.85 bits per heavy atom. The summed E-state index contributed by atoms with van der Waals surface area (Å²) in [4.78, 5) is 16.8. The van der Waals surface area contributed by atoms with Gasteiger partial charge in [0.1, 0.15) is 17.3 Å². The average Bonchev–Trinajstić information content (AvgIpc) is 3.32. The van der Waals surface area contributed by atoms with E-state index in [0.717, 1.165) is 15.2 Å². The molecular formula is C20H16N2O4S. The molecular weight excluding hydrogens is 364 g/mol. The molecule has 0 unspecified atom stereocenters. The van der Waals surface area contributed by atoms with Crippen LogP contribution in [-0.4, -0.2) is 23.1 Å². The zero-order valence-electron chi connectivity index (χ0n) is 14.4. The van der Waals surface area contributed by atoms with Gasteiger partial charge >= 0.3 is 0 Å². The number of nitrogens with one attached hydrogen (secondary N) is 1. The minimum Gasteiger partial charge on any atom is -0.507 e. The largest absolute Gasteiger partial charge is 0.507 e. The maximum atomic E-state index is 12.3. The van der Waals surface area contributed by atoms with E-state index in [4.69, 9.17) is 9.15 Å². The van der Waals surface area contributed by atoms with Crippen LogP contribution in [0.5, 0.6) is 11.5 Å². The standard InChI is InChI=1S/C20H16N2O4S/c1-25-12-6-8-14(16(23)10-12)19(24)21-11-13-7-9-17(26-13)20-22-15-4-2-3-5-18(15)27-20/h2-10,23H,11H2,1H3,(H,21,24). The number of phenols is 1. The number of rotatable bonds is 5. The van der Waals surface area contributed by atoms with Crippen molar-refractivity contribution in [3.05, 3.63) is 65.9 Å². The minimum atomic E-state index is -0.395. The van der Waals surface area contributed by atoms with Crippen molar-refractivity contribution in [2.75, 3.05) is 7.11 Å². The second kappa shape index (κ2) is 7.13. The van der Waals surface area contributed by atoms with E-state index >= 15 is 0 Å². The van der Waals surface area contributed by atoms with Gasteiger partial charge in [0.15, 0.2) is 10.8 Å². The van der Waals surface area contributed by atoms with Crippen molar-refractivity contribution in [3.8, 4) is 22.3 Å². The first kappa shape index (κ1) is 17.1. The van der Waals surface area contributed by atoms with Crippen molar-refractivity contribution in [3.63, 3.8) is 0 Å². The molecule has 0 atom stereocenters. The first-order chi connectivity index (χ1) is 13.1. The quantitative estimate of drug-likeness (QED) is 0.542. The SMILES string of the molecule is COc1ccc(C(=O)NCc2ccc(-c3nc4ccccc4s3)o2)c(O)c1. The van der Waals surface area contributed by atoms with E-state index in [1.807, 2.05) is 30.3 Å². The maximum absolute atomic E-state index is 12.3. The Kier molecular flexibility index (Phi) is 4.52. The number of nitrogens with zero attached hydrogens (tertiary/aromatic N) is 1. The van der Waals surface area contributed by atoms with E-state index in [1.165, 1.54) is 19.2 Å². The Morgan fingerprint density at radius 2 is 2.07 bits per heavy atom. The Bertz CT molecular complexity index is 1080. The van der Waals surface area contributed by atoms with Crippen LogP contribution in [0.1, 0.15) is 16.1 Å². The number of aromatic hydroxyl groups is 1. The van der Waals surface area contributed by atoms with E-state index in [1.54, 1.807) is 23.5 Å². The Balaban J connectivity index is 1.46. The fourth-order valence-corrected chi connectivity index (χ4v) is 3.59. The topological polar surface area (TPSA) is 84.6 Å². The van der Waals surface area contributed by atoms with E-state index < -0.39 is 5.91 Å². The number of carbonyl (C=O) groups is 1. The van der Waals surface area contributed by atoms with Gasteiger partial charge in [0.25, 0.3) is 5.91 Å². The predicted octanol–water partition coefficient (Wildman–Crippen LogP) is 4.20. The van der Waals surface area contributed by atoms with Crippen LogP contribution in [0.4, 0.5) is 0 Å². The Labute approximate surface area is 159 Å². The van der Waals surface area contributed by atoms with Crippen molar-refractivity contribution in [1.29, 1.82) is 0 Å². The summed E-state index contributed by atoms with van der Waals surface area (Å²) in [7, 11) is 1.49. The van der Waals surface area contributed by atoms with Crippen LogP contribution >= 0.6 is 11.3 Å². The van der Waals surface area contributed by atoms with E-state index in [0.29, 0.717) is 17.3 Å². The van der Waals surface area contributed by atoms with Gasteiger partial charge in [-0.1, -0.05) is 12.1 Å². The van der Waals surface area contributed by atoms with Crippen LogP contribution in [0.3, 0.4) is 0 Å². The van der Waals surface area contributed by atoms with Gasteiger partial charge in [-0.3, -0.25) is 4.79 Å². The molecule has 0 radical (unpaired) electrons. The smallest absolute Gasteiger partial charge is 0.255 e. The van der Waals surface area contributed by atoms with Crippen LogP contribution in [-0.2, 0) is 6.54 Å². The molecule has 1 amide bonds. The molecule has 27 heavy (non-hydrogen) atoms. The van der Waals surface area contributed by atoms with Gasteiger partial charge in [-0.05, 0) is 36.4 Å². The first-order valence-corrected chi connectivity index (χ1v) is 9.05. The number of benzene rings is 2. The van der Waals surface area contributed by atoms with Gasteiger partial charge in [-0.15, -0.1) is 11.3 Å². The summed E-state index contributed by atoms with van der Waals surface area (Å²) in [6.45, 7) is 0.204. The number of amides is 1. The highest BCUT2D eigenvalue weighted by Crippen LogP contribution is 2.31. The summed E-state index contributed by atoms with van der Waals surface area (Å²) in [6, 6.07) is 16.1. The van der Waals surface area contributed by atoms with Gasteiger partial charge in [0.2, 0.25) is 0 Å². The lowest BCUT2D eigenvalue weighted by molar-refractivity contribution is 0.0945. The third-order valence-corrected chi connectivity index (χ3v) is 5.09. The predicted molar refractivity (Wildman–Crippen MR) is 103 cm³/mol. The van der Waals surface area contributed by atoms with Crippen molar-refractivity contribution in [2.24, 2.45) is 0 Å². The fraction of sp³-hybridized carbons (Fsp3) is 0.100.